The van der Waals surface area contributed by atoms with Gasteiger partial charge in [0.15, 0.2) is 0 Å². The van der Waals surface area contributed by atoms with Crippen LogP contribution in [0, 0.1) is 0 Å². The lowest BCUT2D eigenvalue weighted by Crippen LogP contribution is -2.36. The summed E-state index contributed by atoms with van der Waals surface area (Å²) in [5, 5.41) is 0.524. The summed E-state index contributed by atoms with van der Waals surface area (Å²) in [5.41, 5.74) is -4.28. The SMILES string of the molecule is O=C1N(c2ccc(S(=O)(=O)C(F)(F)F)cc2)C(=O)C2(CC2)N1Cc1ccncc1-c1cccc(Cl)c1. The highest BCUT2D eigenvalue weighted by Crippen LogP contribution is 2.50. The number of urea groups is 1. The van der Waals surface area contributed by atoms with Crippen LogP contribution in [0.15, 0.2) is 71.9 Å². The molecule has 1 aromatic heterocycles. The molecule has 5 rings (SSSR count). The molecule has 0 N–H and O–H groups in total. The number of carbonyl (C=O) groups excluding carboxylic acids is 2. The van der Waals surface area contributed by atoms with E-state index in [1.165, 1.54) is 4.90 Å². The zero-order valence-corrected chi connectivity index (χ0v) is 19.9. The van der Waals surface area contributed by atoms with Crippen molar-refractivity contribution < 1.29 is 31.2 Å². The highest BCUT2D eigenvalue weighted by molar-refractivity contribution is 7.92. The van der Waals surface area contributed by atoms with Crippen molar-refractivity contribution in [1.29, 1.82) is 0 Å². The minimum Gasteiger partial charge on any atom is -0.305 e. The van der Waals surface area contributed by atoms with Gasteiger partial charge in [-0.1, -0.05) is 23.7 Å². The van der Waals surface area contributed by atoms with Crippen molar-refractivity contribution in [2.24, 2.45) is 0 Å². The van der Waals surface area contributed by atoms with Crippen molar-refractivity contribution in [2.75, 3.05) is 4.90 Å². The van der Waals surface area contributed by atoms with Gasteiger partial charge in [0.2, 0.25) is 0 Å². The Morgan fingerprint density at radius 1 is 1.03 bits per heavy atom. The van der Waals surface area contributed by atoms with E-state index in [9.17, 15) is 31.2 Å². The number of sulfone groups is 1. The third-order valence-corrected chi connectivity index (χ3v) is 8.09. The van der Waals surface area contributed by atoms with Crippen LogP contribution < -0.4 is 4.90 Å². The van der Waals surface area contributed by atoms with Crippen molar-refractivity contribution in [1.82, 2.24) is 9.88 Å². The second-order valence-electron chi connectivity index (χ2n) is 8.53. The van der Waals surface area contributed by atoms with Crippen LogP contribution in [0.3, 0.4) is 0 Å². The second-order valence-corrected chi connectivity index (χ2v) is 10.9. The molecule has 186 valence electrons. The third-order valence-electron chi connectivity index (χ3n) is 6.35. The van der Waals surface area contributed by atoms with Gasteiger partial charge in [0.25, 0.3) is 15.7 Å². The van der Waals surface area contributed by atoms with Gasteiger partial charge >= 0.3 is 11.5 Å². The molecule has 1 aliphatic carbocycles. The summed E-state index contributed by atoms with van der Waals surface area (Å²) < 4.78 is 61.9. The number of alkyl halides is 3. The molecular weight excluding hydrogens is 519 g/mol. The number of aromatic nitrogens is 1. The molecule has 36 heavy (non-hydrogen) atoms. The molecule has 0 atom stereocenters. The number of hydrogen-bond donors (Lipinski definition) is 0. The molecule has 3 amide bonds. The Bertz CT molecular complexity index is 1490. The third kappa shape index (κ3) is 3.82. The van der Waals surface area contributed by atoms with Gasteiger partial charge in [-0.25, -0.2) is 18.1 Å². The number of benzene rings is 2. The van der Waals surface area contributed by atoms with Crippen LogP contribution in [0.5, 0.6) is 0 Å². The number of anilines is 1. The molecule has 0 bridgehead atoms. The summed E-state index contributed by atoms with van der Waals surface area (Å²) in [7, 11) is -5.55. The first kappa shape index (κ1) is 24.3. The normalized spacial score (nSPS) is 17.2. The van der Waals surface area contributed by atoms with E-state index in [-0.39, 0.29) is 12.2 Å². The van der Waals surface area contributed by atoms with Crippen LogP contribution in [-0.4, -0.2) is 41.3 Å². The van der Waals surface area contributed by atoms with Gasteiger partial charge < -0.3 is 4.90 Å². The Kier molecular flexibility index (Phi) is 5.60. The van der Waals surface area contributed by atoms with E-state index in [0.717, 1.165) is 45.9 Å². The van der Waals surface area contributed by atoms with Gasteiger partial charge in [-0.05, 0) is 66.4 Å². The van der Waals surface area contributed by atoms with Gasteiger partial charge in [-0.3, -0.25) is 9.78 Å². The summed E-state index contributed by atoms with van der Waals surface area (Å²) >= 11 is 6.13. The number of halogens is 4. The van der Waals surface area contributed by atoms with Crippen molar-refractivity contribution in [3.8, 4) is 11.1 Å². The Morgan fingerprint density at radius 3 is 2.33 bits per heavy atom. The van der Waals surface area contributed by atoms with E-state index in [4.69, 9.17) is 11.6 Å². The van der Waals surface area contributed by atoms with E-state index < -0.39 is 37.7 Å². The van der Waals surface area contributed by atoms with Crippen LogP contribution in [0.25, 0.3) is 11.1 Å². The molecule has 0 unspecified atom stereocenters. The smallest absolute Gasteiger partial charge is 0.305 e. The predicted molar refractivity (Wildman–Crippen MR) is 125 cm³/mol. The first-order valence-corrected chi connectivity index (χ1v) is 12.6. The van der Waals surface area contributed by atoms with Gasteiger partial charge in [0.1, 0.15) is 5.54 Å². The van der Waals surface area contributed by atoms with E-state index in [0.29, 0.717) is 17.9 Å². The van der Waals surface area contributed by atoms with Crippen molar-refractivity contribution in [2.45, 2.75) is 35.3 Å². The minimum atomic E-state index is -5.55. The van der Waals surface area contributed by atoms with Crippen LogP contribution in [-0.2, 0) is 21.2 Å². The largest absolute Gasteiger partial charge is 0.501 e. The molecule has 2 fully saturated rings. The number of pyridine rings is 1. The van der Waals surface area contributed by atoms with Crippen molar-refractivity contribution >= 4 is 39.1 Å². The van der Waals surface area contributed by atoms with Gasteiger partial charge in [-0.2, -0.15) is 13.2 Å². The molecule has 1 saturated carbocycles. The second kappa shape index (κ2) is 8.31. The zero-order valence-electron chi connectivity index (χ0n) is 18.4. The van der Waals surface area contributed by atoms with Crippen molar-refractivity contribution in [3.05, 3.63) is 77.6 Å². The number of amides is 3. The molecule has 2 aliphatic rings. The maximum atomic E-state index is 13.4. The van der Waals surface area contributed by atoms with Gasteiger partial charge in [-0.15, -0.1) is 0 Å². The topological polar surface area (TPSA) is 87.7 Å². The lowest BCUT2D eigenvalue weighted by Gasteiger charge is -2.23. The summed E-state index contributed by atoms with van der Waals surface area (Å²) in [6.07, 6.45) is 4.09. The van der Waals surface area contributed by atoms with Crippen LogP contribution in [0.2, 0.25) is 5.02 Å². The zero-order chi connectivity index (χ0) is 25.9. The number of rotatable bonds is 5. The van der Waals surface area contributed by atoms with Gasteiger partial charge in [0.05, 0.1) is 10.6 Å². The van der Waals surface area contributed by atoms with E-state index in [2.05, 4.69) is 4.98 Å². The molecule has 1 spiro atoms. The monoisotopic (exact) mass is 535 g/mol. The molecule has 1 saturated heterocycles. The molecule has 2 heterocycles. The quantitative estimate of drug-likeness (QED) is 0.419. The lowest BCUT2D eigenvalue weighted by atomic mass is 10.0. The van der Waals surface area contributed by atoms with Crippen LogP contribution >= 0.6 is 11.6 Å². The lowest BCUT2D eigenvalue weighted by molar-refractivity contribution is -0.120. The Balaban J connectivity index is 1.47. The van der Waals surface area contributed by atoms with Crippen molar-refractivity contribution in [3.63, 3.8) is 0 Å². The molecule has 12 heteroatoms. The van der Waals surface area contributed by atoms with E-state index in [1.54, 1.807) is 36.7 Å². The summed E-state index contributed by atoms with van der Waals surface area (Å²) in [4.78, 5) is 32.2. The standard InChI is InChI=1S/C24H17ClF3N3O4S/c25-17-3-1-2-15(12-17)20-13-29-11-8-16(20)14-30-22(33)31(21(32)23(30)9-10-23)18-4-6-19(7-5-18)36(34,35)24(26,27)28/h1-8,11-13H,9-10,14H2. The Labute approximate surface area is 209 Å². The van der Waals surface area contributed by atoms with E-state index >= 15 is 0 Å². The average molecular weight is 536 g/mol. The first-order chi connectivity index (χ1) is 17.0. The Hall–Kier alpha value is -3.44. The maximum Gasteiger partial charge on any atom is 0.501 e. The van der Waals surface area contributed by atoms with Crippen LogP contribution in [0.1, 0.15) is 18.4 Å². The van der Waals surface area contributed by atoms with Gasteiger partial charge in [0, 0.05) is 29.5 Å². The molecule has 3 aromatic rings. The number of nitrogens with zero attached hydrogens (tertiary/aromatic N) is 3. The highest BCUT2D eigenvalue weighted by atomic mass is 35.5. The summed E-state index contributed by atoms with van der Waals surface area (Å²) in [6.45, 7) is 0.0893. The number of imide groups is 1. The fourth-order valence-corrected chi connectivity index (χ4v) is 5.27. The van der Waals surface area contributed by atoms with Crippen LogP contribution in [0.4, 0.5) is 23.7 Å². The molecule has 0 radical (unpaired) electrons. The number of carbonyl (C=O) groups is 2. The fourth-order valence-electron chi connectivity index (χ4n) is 4.32. The molecular formula is C24H17ClF3N3O4S. The predicted octanol–water partition coefficient (Wildman–Crippen LogP) is 5.20. The first-order valence-electron chi connectivity index (χ1n) is 10.7. The average Bonchev–Trinajstić information content (AvgIpc) is 3.61. The molecule has 2 aromatic carbocycles. The summed E-state index contributed by atoms with van der Waals surface area (Å²) in [5.74, 6) is -0.503. The fraction of sp³-hybridized carbons (Fsp3) is 0.208. The molecule has 7 nitrogen and oxygen atoms in total. The van der Waals surface area contributed by atoms with E-state index in [1.807, 2.05) is 6.07 Å². The number of hydrogen-bond acceptors (Lipinski definition) is 5. The highest BCUT2D eigenvalue weighted by Gasteiger charge is 2.65. The Morgan fingerprint density at radius 2 is 1.72 bits per heavy atom. The summed E-state index contributed by atoms with van der Waals surface area (Å²) in [6, 6.07) is 11.7. The minimum absolute atomic E-state index is 0.00954. The molecule has 1 aliphatic heterocycles. The maximum absolute atomic E-state index is 13.4.